The molecular weight excluding hydrogens is 445 g/mol. The maximum Gasteiger partial charge on any atom is 0.573 e. The molecule has 4 rings (SSSR count). The van der Waals surface area contributed by atoms with Crippen LogP contribution in [-0.2, 0) is 20.7 Å². The Kier molecular flexibility index (Phi) is 6.40. The van der Waals surface area contributed by atoms with Crippen LogP contribution in [0.1, 0.15) is 11.1 Å². The number of amidine groups is 1. The third-order valence-corrected chi connectivity index (χ3v) is 5.36. The van der Waals surface area contributed by atoms with E-state index in [0.29, 0.717) is 27.8 Å². The quantitative estimate of drug-likeness (QED) is 0.633. The number of hydrogen-bond acceptors (Lipinski definition) is 6. The molecule has 2 aromatic rings. The maximum atomic E-state index is 12.3. The molecule has 0 saturated carbocycles. The van der Waals surface area contributed by atoms with Crippen LogP contribution >= 0.6 is 11.8 Å². The Labute approximate surface area is 185 Å². The molecule has 0 saturated heterocycles. The summed E-state index contributed by atoms with van der Waals surface area (Å²) in [6, 6.07) is 14.7. The summed E-state index contributed by atoms with van der Waals surface area (Å²) in [4.78, 5) is 16.7. The van der Waals surface area contributed by atoms with Gasteiger partial charge in [-0.1, -0.05) is 42.5 Å². The molecule has 1 atom stereocenters. The van der Waals surface area contributed by atoms with Gasteiger partial charge in [-0.3, -0.25) is 4.79 Å². The Bertz CT molecular complexity index is 1070. The fourth-order valence-electron chi connectivity index (χ4n) is 3.04. The highest BCUT2D eigenvalue weighted by molar-refractivity contribution is 8.18. The number of nitrogens with zero attached hydrogens (tertiary/aromatic N) is 1. The van der Waals surface area contributed by atoms with Gasteiger partial charge in [0.1, 0.15) is 12.0 Å². The zero-order valence-electron chi connectivity index (χ0n) is 16.5. The smallest absolute Gasteiger partial charge is 0.462 e. The number of hydrogen-bond donors (Lipinski definition) is 1. The predicted molar refractivity (Wildman–Crippen MR) is 113 cm³/mol. The second-order valence-corrected chi connectivity index (χ2v) is 7.82. The molecule has 2 aromatic carbocycles. The zero-order valence-corrected chi connectivity index (χ0v) is 17.3. The number of halogens is 3. The molecular formula is C22H17F3N2O4S. The summed E-state index contributed by atoms with van der Waals surface area (Å²) in [6.07, 6.45) is -1.08. The molecule has 0 spiro atoms. The van der Waals surface area contributed by atoms with E-state index in [-0.39, 0.29) is 18.6 Å². The van der Waals surface area contributed by atoms with E-state index in [2.05, 4.69) is 15.0 Å². The van der Waals surface area contributed by atoms with E-state index in [0.717, 1.165) is 17.3 Å². The van der Waals surface area contributed by atoms with E-state index < -0.39 is 12.3 Å². The Morgan fingerprint density at radius 3 is 2.56 bits per heavy atom. The third-order valence-electron chi connectivity index (χ3n) is 4.45. The molecule has 0 fully saturated rings. The molecule has 0 aromatic heterocycles. The van der Waals surface area contributed by atoms with Crippen molar-refractivity contribution < 1.29 is 32.2 Å². The van der Waals surface area contributed by atoms with Gasteiger partial charge in [-0.15, -0.1) is 13.2 Å². The number of carbonyl (C=O) groups is 1. The molecule has 0 aliphatic carbocycles. The first-order valence-corrected chi connectivity index (χ1v) is 10.3. The van der Waals surface area contributed by atoms with Gasteiger partial charge < -0.3 is 19.5 Å². The van der Waals surface area contributed by atoms with Crippen molar-refractivity contribution in [2.75, 3.05) is 6.79 Å². The Morgan fingerprint density at radius 2 is 1.91 bits per heavy atom. The number of alkyl halides is 3. The summed E-state index contributed by atoms with van der Waals surface area (Å²) in [7, 11) is 0. The van der Waals surface area contributed by atoms with Crippen LogP contribution in [0.5, 0.6) is 5.75 Å². The van der Waals surface area contributed by atoms with E-state index in [1.165, 1.54) is 30.5 Å². The monoisotopic (exact) mass is 462 g/mol. The van der Waals surface area contributed by atoms with Crippen LogP contribution in [-0.4, -0.2) is 30.3 Å². The lowest BCUT2D eigenvalue weighted by atomic mass is 10.1. The van der Waals surface area contributed by atoms with Gasteiger partial charge in [-0.2, -0.15) is 4.99 Å². The first-order chi connectivity index (χ1) is 15.4. The van der Waals surface area contributed by atoms with Gasteiger partial charge in [0, 0.05) is 0 Å². The van der Waals surface area contributed by atoms with Crippen LogP contribution in [0, 0.1) is 0 Å². The number of benzene rings is 2. The van der Waals surface area contributed by atoms with Crippen LogP contribution in [0.2, 0.25) is 0 Å². The molecule has 166 valence electrons. The molecule has 10 heteroatoms. The molecule has 0 radical (unpaired) electrons. The Balaban J connectivity index is 1.44. The maximum absolute atomic E-state index is 12.3. The van der Waals surface area contributed by atoms with Gasteiger partial charge in [-0.25, -0.2) is 0 Å². The molecule has 32 heavy (non-hydrogen) atoms. The van der Waals surface area contributed by atoms with E-state index in [4.69, 9.17) is 9.47 Å². The van der Waals surface area contributed by atoms with Crippen molar-refractivity contribution in [1.29, 1.82) is 0 Å². The SMILES string of the molecule is O=C1N=C(NC(Cc2ccccc2)C2=COCO2)SC1=Cc1ccc(OC(F)(F)F)cc1. The van der Waals surface area contributed by atoms with Gasteiger partial charge in [0.05, 0.1) is 10.9 Å². The van der Waals surface area contributed by atoms with Crippen molar-refractivity contribution in [1.82, 2.24) is 5.32 Å². The van der Waals surface area contributed by atoms with Crippen molar-refractivity contribution in [3.63, 3.8) is 0 Å². The van der Waals surface area contributed by atoms with Crippen LogP contribution < -0.4 is 10.1 Å². The third kappa shape index (κ3) is 5.85. The number of ether oxygens (including phenoxy) is 3. The minimum absolute atomic E-state index is 0.125. The molecule has 1 amide bonds. The lowest BCUT2D eigenvalue weighted by Crippen LogP contribution is -2.36. The number of rotatable bonds is 6. The molecule has 1 unspecified atom stereocenters. The predicted octanol–water partition coefficient (Wildman–Crippen LogP) is 4.60. The molecule has 1 N–H and O–H groups in total. The van der Waals surface area contributed by atoms with Gasteiger partial charge in [0.2, 0.25) is 6.79 Å². The molecule has 2 aliphatic heterocycles. The van der Waals surface area contributed by atoms with Crippen LogP contribution in [0.25, 0.3) is 6.08 Å². The summed E-state index contributed by atoms with van der Waals surface area (Å²) >= 11 is 1.14. The largest absolute Gasteiger partial charge is 0.573 e. The zero-order chi connectivity index (χ0) is 22.6. The second-order valence-electron chi connectivity index (χ2n) is 6.79. The topological polar surface area (TPSA) is 69.2 Å². The highest BCUT2D eigenvalue weighted by Gasteiger charge is 2.31. The number of aliphatic imine (C=N–C) groups is 1. The summed E-state index contributed by atoms with van der Waals surface area (Å²) in [5.74, 6) is -0.175. The lowest BCUT2D eigenvalue weighted by molar-refractivity contribution is -0.274. The molecule has 0 bridgehead atoms. The summed E-state index contributed by atoms with van der Waals surface area (Å²) in [6.45, 7) is 0.125. The van der Waals surface area contributed by atoms with Crippen LogP contribution in [0.15, 0.2) is 76.5 Å². The van der Waals surface area contributed by atoms with E-state index in [9.17, 15) is 18.0 Å². The average Bonchev–Trinajstić information content (AvgIpc) is 3.39. The number of carbonyl (C=O) groups excluding carboxylic acids is 1. The van der Waals surface area contributed by atoms with Gasteiger partial charge in [0.25, 0.3) is 5.91 Å². The summed E-state index contributed by atoms with van der Waals surface area (Å²) in [5.41, 5.74) is 1.61. The number of nitrogens with one attached hydrogen (secondary N) is 1. The van der Waals surface area contributed by atoms with E-state index in [1.807, 2.05) is 30.3 Å². The standard InChI is InChI=1S/C22H17F3N2O4S/c23-22(24,25)31-16-8-6-15(7-9-16)11-19-20(28)27-21(32-19)26-17(18-12-29-13-30-18)10-14-4-2-1-3-5-14/h1-9,11-12,17H,10,13H2,(H,26,27,28). The van der Waals surface area contributed by atoms with E-state index in [1.54, 1.807) is 6.08 Å². The van der Waals surface area contributed by atoms with Crippen molar-refractivity contribution in [2.24, 2.45) is 4.99 Å². The van der Waals surface area contributed by atoms with Crippen molar-refractivity contribution >= 4 is 28.9 Å². The highest BCUT2D eigenvalue weighted by atomic mass is 32.2. The minimum Gasteiger partial charge on any atom is -0.462 e. The van der Waals surface area contributed by atoms with Crippen molar-refractivity contribution in [3.8, 4) is 5.75 Å². The average molecular weight is 462 g/mol. The van der Waals surface area contributed by atoms with Crippen molar-refractivity contribution in [3.05, 3.63) is 82.7 Å². The fraction of sp³-hybridized carbons (Fsp3) is 0.182. The normalized spacial score (nSPS) is 18.0. The number of thioether (sulfide) groups is 1. The summed E-state index contributed by atoms with van der Waals surface area (Å²) in [5, 5.41) is 3.62. The molecule has 6 nitrogen and oxygen atoms in total. The second kappa shape index (κ2) is 9.39. The number of amides is 1. The molecule has 2 aliphatic rings. The first kappa shape index (κ1) is 21.8. The van der Waals surface area contributed by atoms with Gasteiger partial charge in [-0.05, 0) is 47.5 Å². The van der Waals surface area contributed by atoms with Crippen LogP contribution in [0.4, 0.5) is 13.2 Å². The Hall–Kier alpha value is -3.40. The summed E-state index contributed by atoms with van der Waals surface area (Å²) < 4.78 is 51.4. The minimum atomic E-state index is -4.76. The van der Waals surface area contributed by atoms with E-state index >= 15 is 0 Å². The Morgan fingerprint density at radius 1 is 1.16 bits per heavy atom. The molecule has 2 heterocycles. The highest BCUT2D eigenvalue weighted by Crippen LogP contribution is 2.30. The lowest BCUT2D eigenvalue weighted by Gasteiger charge is -2.19. The van der Waals surface area contributed by atoms with Crippen molar-refractivity contribution in [2.45, 2.75) is 18.8 Å². The van der Waals surface area contributed by atoms with Crippen LogP contribution in [0.3, 0.4) is 0 Å². The fourth-order valence-corrected chi connectivity index (χ4v) is 3.91. The van der Waals surface area contributed by atoms with Gasteiger partial charge in [0.15, 0.2) is 10.9 Å². The first-order valence-electron chi connectivity index (χ1n) is 9.49. The van der Waals surface area contributed by atoms with Gasteiger partial charge >= 0.3 is 6.36 Å².